The number of amides is 1. The Bertz CT molecular complexity index is 257. The zero-order chi connectivity index (χ0) is 12.8. The number of nitrogens with one attached hydrogen (secondary N) is 1. The maximum absolute atomic E-state index is 11.2. The molecule has 0 aliphatic carbocycles. The van der Waals surface area contributed by atoms with Gasteiger partial charge in [0.1, 0.15) is 0 Å². The van der Waals surface area contributed by atoms with Crippen molar-refractivity contribution in [2.24, 2.45) is 5.92 Å². The first-order valence-corrected chi connectivity index (χ1v) is 5.65. The van der Waals surface area contributed by atoms with Crippen molar-refractivity contribution in [1.29, 1.82) is 0 Å². The first-order chi connectivity index (χ1) is 8.05. The van der Waals surface area contributed by atoms with E-state index in [0.717, 1.165) is 19.5 Å². The number of hydrogen-bond acceptors (Lipinski definition) is 5. The van der Waals surface area contributed by atoms with Crippen LogP contribution in [-0.2, 0) is 14.3 Å². The van der Waals surface area contributed by atoms with Crippen LogP contribution in [0.15, 0.2) is 0 Å². The SMILES string of the molecule is COC(=O)CC1CC(NC(=O)OC)CN(C)C1. The summed E-state index contributed by atoms with van der Waals surface area (Å²) in [6, 6.07) is 0.0239. The van der Waals surface area contributed by atoms with E-state index in [-0.39, 0.29) is 17.9 Å². The van der Waals surface area contributed by atoms with Gasteiger partial charge >= 0.3 is 12.1 Å². The summed E-state index contributed by atoms with van der Waals surface area (Å²) in [4.78, 5) is 24.4. The number of methoxy groups -OCH3 is 2. The smallest absolute Gasteiger partial charge is 0.407 e. The number of carbonyl (C=O) groups excluding carboxylic acids is 2. The van der Waals surface area contributed by atoms with Crippen molar-refractivity contribution < 1.29 is 19.1 Å². The summed E-state index contributed by atoms with van der Waals surface area (Å²) in [5.74, 6) is 0.00507. The predicted octanol–water partition coefficient (Wildman–Crippen LogP) is 0.226. The van der Waals surface area contributed by atoms with Gasteiger partial charge in [-0.15, -0.1) is 0 Å². The largest absolute Gasteiger partial charge is 0.469 e. The van der Waals surface area contributed by atoms with Gasteiger partial charge in [-0.3, -0.25) is 4.79 Å². The van der Waals surface area contributed by atoms with Gasteiger partial charge < -0.3 is 19.7 Å². The molecule has 0 aromatic carbocycles. The Morgan fingerprint density at radius 1 is 1.29 bits per heavy atom. The third-order valence-corrected chi connectivity index (χ3v) is 2.91. The van der Waals surface area contributed by atoms with Gasteiger partial charge in [0.05, 0.1) is 14.2 Å². The van der Waals surface area contributed by atoms with Crippen LogP contribution in [-0.4, -0.2) is 57.4 Å². The Labute approximate surface area is 101 Å². The average molecular weight is 244 g/mol. The summed E-state index contributed by atoms with van der Waals surface area (Å²) in [7, 11) is 4.70. The molecule has 98 valence electrons. The van der Waals surface area contributed by atoms with Gasteiger partial charge in [0, 0.05) is 25.6 Å². The molecule has 0 aromatic heterocycles. The fraction of sp³-hybridized carbons (Fsp3) is 0.818. The fourth-order valence-electron chi connectivity index (χ4n) is 2.24. The Morgan fingerprint density at radius 3 is 2.59 bits per heavy atom. The number of likely N-dealkylation sites (N-methyl/N-ethyl adjacent to an activating group) is 1. The number of ether oxygens (including phenoxy) is 2. The van der Waals surface area contributed by atoms with Gasteiger partial charge in [-0.2, -0.15) is 0 Å². The molecule has 0 aromatic rings. The third-order valence-electron chi connectivity index (χ3n) is 2.91. The highest BCUT2D eigenvalue weighted by Crippen LogP contribution is 2.19. The second-order valence-corrected chi connectivity index (χ2v) is 4.44. The van der Waals surface area contributed by atoms with Crippen molar-refractivity contribution in [3.05, 3.63) is 0 Å². The molecule has 0 radical (unpaired) electrons. The molecule has 0 spiro atoms. The lowest BCUT2D eigenvalue weighted by molar-refractivity contribution is -0.142. The number of nitrogens with zero attached hydrogens (tertiary/aromatic N) is 1. The van der Waals surface area contributed by atoms with E-state index in [9.17, 15) is 9.59 Å². The van der Waals surface area contributed by atoms with Crippen LogP contribution in [0.3, 0.4) is 0 Å². The van der Waals surface area contributed by atoms with Gasteiger partial charge in [-0.1, -0.05) is 0 Å². The normalized spacial score (nSPS) is 25.1. The molecule has 1 N–H and O–H groups in total. The summed E-state index contributed by atoms with van der Waals surface area (Å²) < 4.78 is 9.22. The topological polar surface area (TPSA) is 67.9 Å². The van der Waals surface area contributed by atoms with E-state index in [1.807, 2.05) is 7.05 Å². The summed E-state index contributed by atoms with van der Waals surface area (Å²) in [5.41, 5.74) is 0. The molecule has 1 heterocycles. The quantitative estimate of drug-likeness (QED) is 0.720. The summed E-state index contributed by atoms with van der Waals surface area (Å²) in [5, 5.41) is 2.77. The van der Waals surface area contributed by atoms with Crippen molar-refractivity contribution in [2.75, 3.05) is 34.4 Å². The molecule has 17 heavy (non-hydrogen) atoms. The van der Waals surface area contributed by atoms with Crippen LogP contribution >= 0.6 is 0 Å². The lowest BCUT2D eigenvalue weighted by Gasteiger charge is -2.35. The molecule has 6 nitrogen and oxygen atoms in total. The van der Waals surface area contributed by atoms with E-state index in [0.29, 0.717) is 6.42 Å². The molecule has 1 aliphatic rings. The van der Waals surface area contributed by atoms with Gasteiger partial charge in [0.25, 0.3) is 0 Å². The zero-order valence-corrected chi connectivity index (χ0v) is 10.6. The molecule has 0 saturated carbocycles. The van der Waals surface area contributed by atoms with Crippen molar-refractivity contribution in [1.82, 2.24) is 10.2 Å². The molecule has 1 aliphatic heterocycles. The Kier molecular flexibility index (Phi) is 5.21. The number of rotatable bonds is 3. The van der Waals surface area contributed by atoms with Crippen LogP contribution in [0.25, 0.3) is 0 Å². The molecular formula is C11H20N2O4. The maximum Gasteiger partial charge on any atom is 0.407 e. The van der Waals surface area contributed by atoms with Gasteiger partial charge in [0.2, 0.25) is 0 Å². The first kappa shape index (κ1) is 13.8. The van der Waals surface area contributed by atoms with Crippen LogP contribution in [0, 0.1) is 5.92 Å². The van der Waals surface area contributed by atoms with Gasteiger partial charge in [-0.25, -0.2) is 4.79 Å². The Balaban J connectivity index is 2.47. The second kappa shape index (κ2) is 6.44. The van der Waals surface area contributed by atoms with Crippen LogP contribution in [0.5, 0.6) is 0 Å². The highest BCUT2D eigenvalue weighted by atomic mass is 16.5. The van der Waals surface area contributed by atoms with E-state index >= 15 is 0 Å². The highest BCUT2D eigenvalue weighted by molar-refractivity contribution is 5.69. The molecular weight excluding hydrogens is 224 g/mol. The molecule has 0 bridgehead atoms. The Hall–Kier alpha value is -1.30. The number of esters is 1. The maximum atomic E-state index is 11.2. The van der Waals surface area contributed by atoms with E-state index in [4.69, 9.17) is 0 Å². The molecule has 2 unspecified atom stereocenters. The summed E-state index contributed by atoms with van der Waals surface area (Å²) in [6.07, 6.45) is 0.733. The van der Waals surface area contributed by atoms with Crippen molar-refractivity contribution in [2.45, 2.75) is 18.9 Å². The zero-order valence-electron chi connectivity index (χ0n) is 10.6. The van der Waals surface area contributed by atoms with E-state index < -0.39 is 6.09 Å². The number of likely N-dealkylation sites (tertiary alicyclic amines) is 1. The standard InChI is InChI=1S/C11H20N2O4/c1-13-6-8(5-10(14)16-2)4-9(7-13)12-11(15)17-3/h8-9H,4-7H2,1-3H3,(H,12,15). The Morgan fingerprint density at radius 2 is 2.00 bits per heavy atom. The molecule has 6 heteroatoms. The molecule has 1 rings (SSSR count). The number of hydrogen-bond donors (Lipinski definition) is 1. The monoisotopic (exact) mass is 244 g/mol. The van der Waals surface area contributed by atoms with Crippen molar-refractivity contribution in [3.8, 4) is 0 Å². The van der Waals surface area contributed by atoms with Crippen LogP contribution in [0.1, 0.15) is 12.8 Å². The summed E-state index contributed by atoms with van der Waals surface area (Å²) >= 11 is 0. The number of carbonyl (C=O) groups is 2. The van der Waals surface area contributed by atoms with Crippen LogP contribution < -0.4 is 5.32 Å². The minimum atomic E-state index is -0.429. The molecule has 1 amide bonds. The van der Waals surface area contributed by atoms with Crippen molar-refractivity contribution in [3.63, 3.8) is 0 Å². The van der Waals surface area contributed by atoms with E-state index in [2.05, 4.69) is 19.7 Å². The molecule has 2 atom stereocenters. The molecule has 1 fully saturated rings. The van der Waals surface area contributed by atoms with Crippen LogP contribution in [0.2, 0.25) is 0 Å². The second-order valence-electron chi connectivity index (χ2n) is 4.44. The van der Waals surface area contributed by atoms with Crippen LogP contribution in [0.4, 0.5) is 4.79 Å². The van der Waals surface area contributed by atoms with Crippen molar-refractivity contribution >= 4 is 12.1 Å². The van der Waals surface area contributed by atoms with E-state index in [1.165, 1.54) is 14.2 Å². The number of alkyl carbamates (subject to hydrolysis) is 1. The lowest BCUT2D eigenvalue weighted by Crippen LogP contribution is -2.49. The minimum Gasteiger partial charge on any atom is -0.469 e. The average Bonchev–Trinajstić information content (AvgIpc) is 2.27. The fourth-order valence-corrected chi connectivity index (χ4v) is 2.24. The highest BCUT2D eigenvalue weighted by Gasteiger charge is 2.28. The first-order valence-electron chi connectivity index (χ1n) is 5.65. The molecule has 1 saturated heterocycles. The van der Waals surface area contributed by atoms with Gasteiger partial charge in [-0.05, 0) is 19.4 Å². The lowest BCUT2D eigenvalue weighted by atomic mass is 9.92. The predicted molar refractivity (Wildman–Crippen MR) is 61.6 cm³/mol. The minimum absolute atomic E-state index is 0.0239. The number of piperidine rings is 1. The van der Waals surface area contributed by atoms with E-state index in [1.54, 1.807) is 0 Å². The summed E-state index contributed by atoms with van der Waals surface area (Å²) in [6.45, 7) is 1.61. The van der Waals surface area contributed by atoms with Gasteiger partial charge in [0.15, 0.2) is 0 Å². The third kappa shape index (κ3) is 4.60.